The van der Waals surface area contributed by atoms with E-state index < -0.39 is 0 Å². The Balaban J connectivity index is 1.45. The zero-order chi connectivity index (χ0) is 36.6. The molecule has 11 rings (SSSR count). The molecule has 0 fully saturated rings. The van der Waals surface area contributed by atoms with E-state index in [4.69, 9.17) is 0 Å². The lowest BCUT2D eigenvalue weighted by Crippen LogP contribution is -2.11. The maximum absolute atomic E-state index is 10.7. The SMILES string of the molecule is N#Cc1ccc(-c2ccc(-n3c4ccccc4c4ccccc43)c(-n3c4ccccc4c4ccccc43)c2-n2c3ccccc3c3ccccc32)c(C#N)c1. The molecule has 0 amide bonds. The van der Waals surface area contributed by atoms with Crippen molar-refractivity contribution in [3.05, 3.63) is 187 Å². The molecule has 0 unspecified atom stereocenters. The van der Waals surface area contributed by atoms with Gasteiger partial charge in [-0.15, -0.1) is 0 Å². The van der Waals surface area contributed by atoms with Crippen LogP contribution in [0.2, 0.25) is 0 Å². The van der Waals surface area contributed by atoms with Crippen LogP contribution in [0.15, 0.2) is 176 Å². The highest BCUT2D eigenvalue weighted by Crippen LogP contribution is 2.46. The van der Waals surface area contributed by atoms with Crippen molar-refractivity contribution in [1.82, 2.24) is 13.7 Å². The number of aromatic nitrogens is 3. The lowest BCUT2D eigenvalue weighted by Gasteiger charge is -2.25. The van der Waals surface area contributed by atoms with Gasteiger partial charge in [-0.05, 0) is 60.7 Å². The van der Waals surface area contributed by atoms with Gasteiger partial charge in [0.25, 0.3) is 0 Å². The normalized spacial score (nSPS) is 11.6. The van der Waals surface area contributed by atoms with Gasteiger partial charge in [0.1, 0.15) is 0 Å². The summed E-state index contributed by atoms with van der Waals surface area (Å²) in [4.78, 5) is 0. The fourth-order valence-corrected chi connectivity index (χ4v) is 8.86. The average Bonchev–Trinajstić information content (AvgIpc) is 3.89. The van der Waals surface area contributed by atoms with Crippen LogP contribution < -0.4 is 0 Å². The summed E-state index contributed by atoms with van der Waals surface area (Å²) in [5.74, 6) is 0. The summed E-state index contributed by atoms with van der Waals surface area (Å²) in [6.45, 7) is 0. The molecule has 0 bridgehead atoms. The molecular formula is C50H29N5. The summed E-state index contributed by atoms with van der Waals surface area (Å²) >= 11 is 0. The average molecular weight is 700 g/mol. The van der Waals surface area contributed by atoms with E-state index in [2.05, 4.69) is 184 Å². The van der Waals surface area contributed by atoms with Crippen molar-refractivity contribution in [2.45, 2.75) is 0 Å². The molecule has 0 aliphatic heterocycles. The minimum absolute atomic E-state index is 0.443. The highest BCUT2D eigenvalue weighted by molar-refractivity contribution is 6.14. The monoisotopic (exact) mass is 699 g/mol. The molecule has 0 aliphatic carbocycles. The number of benzene rings is 8. The number of hydrogen-bond acceptors (Lipinski definition) is 2. The molecule has 0 spiro atoms. The lowest BCUT2D eigenvalue weighted by molar-refractivity contribution is 1.05. The molecule has 11 aromatic rings. The maximum atomic E-state index is 10.7. The molecular weight excluding hydrogens is 671 g/mol. The molecule has 5 heteroatoms. The molecule has 0 saturated carbocycles. The van der Waals surface area contributed by atoms with Gasteiger partial charge >= 0.3 is 0 Å². The Kier molecular flexibility index (Phi) is 6.61. The number of nitrogens with zero attached hydrogens (tertiary/aromatic N) is 5. The van der Waals surface area contributed by atoms with Gasteiger partial charge in [-0.3, -0.25) is 0 Å². The van der Waals surface area contributed by atoms with Crippen LogP contribution in [-0.4, -0.2) is 13.7 Å². The minimum Gasteiger partial charge on any atom is -0.307 e. The zero-order valence-corrected chi connectivity index (χ0v) is 29.5. The Labute approximate surface area is 316 Å². The van der Waals surface area contributed by atoms with E-state index in [1.54, 1.807) is 6.07 Å². The summed E-state index contributed by atoms with van der Waals surface area (Å²) < 4.78 is 7.20. The molecule has 3 aromatic heterocycles. The highest BCUT2D eigenvalue weighted by Gasteiger charge is 2.28. The third-order valence-electron chi connectivity index (χ3n) is 11.1. The maximum Gasteiger partial charge on any atom is 0.0998 e. The van der Waals surface area contributed by atoms with Gasteiger partial charge in [0.2, 0.25) is 0 Å². The lowest BCUT2D eigenvalue weighted by atomic mass is 9.95. The molecule has 254 valence electrons. The zero-order valence-electron chi connectivity index (χ0n) is 29.5. The Morgan fingerprint density at radius 3 is 1.09 bits per heavy atom. The van der Waals surface area contributed by atoms with Crippen molar-refractivity contribution >= 4 is 65.4 Å². The number of nitriles is 2. The predicted molar refractivity (Wildman–Crippen MR) is 224 cm³/mol. The molecule has 8 aromatic carbocycles. The predicted octanol–water partition coefficient (Wildman–Crippen LogP) is 12.4. The Morgan fingerprint density at radius 1 is 0.327 bits per heavy atom. The van der Waals surface area contributed by atoms with E-state index in [0.29, 0.717) is 11.1 Å². The van der Waals surface area contributed by atoms with Gasteiger partial charge in [-0.2, -0.15) is 10.5 Å². The van der Waals surface area contributed by atoms with Crippen molar-refractivity contribution in [2.75, 3.05) is 0 Å². The largest absolute Gasteiger partial charge is 0.307 e. The van der Waals surface area contributed by atoms with Crippen LogP contribution in [0.1, 0.15) is 11.1 Å². The first-order chi connectivity index (χ1) is 27.2. The van der Waals surface area contributed by atoms with Crippen LogP contribution >= 0.6 is 0 Å². The molecule has 55 heavy (non-hydrogen) atoms. The van der Waals surface area contributed by atoms with Crippen LogP contribution in [0.25, 0.3) is 93.6 Å². The molecule has 5 nitrogen and oxygen atoms in total. The topological polar surface area (TPSA) is 62.4 Å². The Morgan fingerprint density at radius 2 is 0.691 bits per heavy atom. The summed E-state index contributed by atoms with van der Waals surface area (Å²) in [5.41, 5.74) is 11.9. The van der Waals surface area contributed by atoms with Gasteiger partial charge in [0.15, 0.2) is 0 Å². The first kappa shape index (κ1) is 30.7. The van der Waals surface area contributed by atoms with Crippen molar-refractivity contribution in [1.29, 1.82) is 10.5 Å². The van der Waals surface area contributed by atoms with Gasteiger partial charge in [0, 0.05) is 43.4 Å². The number of rotatable bonds is 4. The quantitative estimate of drug-likeness (QED) is 0.184. The second kappa shape index (κ2) is 11.8. The summed E-state index contributed by atoms with van der Waals surface area (Å²) in [6.07, 6.45) is 0. The highest BCUT2D eigenvalue weighted by atomic mass is 15.1. The van der Waals surface area contributed by atoms with Crippen LogP contribution in [0.5, 0.6) is 0 Å². The van der Waals surface area contributed by atoms with Crippen molar-refractivity contribution in [2.24, 2.45) is 0 Å². The van der Waals surface area contributed by atoms with Gasteiger partial charge < -0.3 is 13.7 Å². The van der Waals surface area contributed by atoms with E-state index in [-0.39, 0.29) is 0 Å². The third-order valence-corrected chi connectivity index (χ3v) is 11.1. The van der Waals surface area contributed by atoms with Crippen LogP contribution in [-0.2, 0) is 0 Å². The first-order valence-electron chi connectivity index (χ1n) is 18.3. The van der Waals surface area contributed by atoms with Gasteiger partial charge in [-0.1, -0.05) is 115 Å². The third kappa shape index (κ3) is 4.33. The van der Waals surface area contributed by atoms with E-state index in [1.807, 2.05) is 12.1 Å². The summed E-state index contributed by atoms with van der Waals surface area (Å²) in [6, 6.07) is 66.1. The Hall–Kier alpha value is -7.86. The number of hydrogen-bond donors (Lipinski definition) is 0. The van der Waals surface area contributed by atoms with Gasteiger partial charge in [0.05, 0.1) is 73.4 Å². The standard InChI is InChI=1S/C50H29N5/c51-30-32-25-26-34(33(29-32)31-52)41-27-28-48(53-42-19-7-1-13-35(42)36-14-2-8-20-43(36)53)50(55-46-23-11-5-17-39(46)40-18-6-12-24-47(40)55)49(41)54-44-21-9-3-15-37(44)38-16-4-10-22-45(38)54/h1-29H. The first-order valence-corrected chi connectivity index (χ1v) is 18.3. The fraction of sp³-hybridized carbons (Fsp3) is 0. The van der Waals surface area contributed by atoms with Crippen LogP contribution in [0.4, 0.5) is 0 Å². The fourth-order valence-electron chi connectivity index (χ4n) is 8.86. The molecule has 0 aliphatic rings. The summed E-state index contributed by atoms with van der Waals surface area (Å²) in [5, 5.41) is 27.5. The Bertz CT molecular complexity index is 3310. The second-order valence-electron chi connectivity index (χ2n) is 13.9. The van der Waals surface area contributed by atoms with E-state index in [1.165, 1.54) is 10.8 Å². The second-order valence-corrected chi connectivity index (χ2v) is 13.9. The smallest absolute Gasteiger partial charge is 0.0998 e. The van der Waals surface area contributed by atoms with Crippen molar-refractivity contribution < 1.29 is 0 Å². The van der Waals surface area contributed by atoms with E-state index in [0.717, 1.165) is 82.8 Å². The number of fused-ring (bicyclic) bond motifs is 9. The van der Waals surface area contributed by atoms with Gasteiger partial charge in [-0.25, -0.2) is 0 Å². The van der Waals surface area contributed by atoms with Crippen molar-refractivity contribution in [3.8, 4) is 40.3 Å². The number of para-hydroxylation sites is 6. The molecule has 0 atom stereocenters. The van der Waals surface area contributed by atoms with Crippen LogP contribution in [0.3, 0.4) is 0 Å². The molecule has 3 heterocycles. The van der Waals surface area contributed by atoms with E-state index in [9.17, 15) is 10.5 Å². The van der Waals surface area contributed by atoms with Crippen molar-refractivity contribution in [3.63, 3.8) is 0 Å². The molecule has 0 radical (unpaired) electrons. The van der Waals surface area contributed by atoms with E-state index >= 15 is 0 Å². The van der Waals surface area contributed by atoms with Crippen LogP contribution in [0, 0.1) is 22.7 Å². The molecule has 0 N–H and O–H groups in total. The summed E-state index contributed by atoms with van der Waals surface area (Å²) in [7, 11) is 0. The molecule has 0 saturated heterocycles. The minimum atomic E-state index is 0.443.